The molecule has 2 aromatic carbocycles. The fraction of sp³-hybridized carbons (Fsp3) is 0.160. The number of rotatable bonds is 5. The molecule has 0 unspecified atom stereocenters. The van der Waals surface area contributed by atoms with E-state index in [-0.39, 0.29) is 11.6 Å². The Balaban J connectivity index is 1.63. The number of hydrogen-bond donors (Lipinski definition) is 0. The van der Waals surface area contributed by atoms with E-state index in [1.807, 2.05) is 36.6 Å². The molecule has 0 bridgehead atoms. The molecule has 0 N–H and O–H groups in total. The van der Waals surface area contributed by atoms with Gasteiger partial charge >= 0.3 is 5.97 Å². The Morgan fingerprint density at radius 1 is 1.14 bits per heavy atom. The van der Waals surface area contributed by atoms with Gasteiger partial charge in [0, 0.05) is 30.6 Å². The number of carbonyl (C=O) groups excluding carboxylic acids is 2. The van der Waals surface area contributed by atoms with Crippen molar-refractivity contribution in [2.75, 3.05) is 14.2 Å². The maximum absolute atomic E-state index is 12.9. The van der Waals surface area contributed by atoms with Crippen molar-refractivity contribution in [3.05, 3.63) is 92.1 Å². The van der Waals surface area contributed by atoms with Gasteiger partial charge in [0.1, 0.15) is 0 Å². The fourth-order valence-corrected chi connectivity index (χ4v) is 4.75. The van der Waals surface area contributed by atoms with Gasteiger partial charge in [-0.05, 0) is 73.6 Å². The van der Waals surface area contributed by atoms with Gasteiger partial charge in [0.2, 0.25) is 0 Å². The summed E-state index contributed by atoms with van der Waals surface area (Å²) < 4.78 is 6.63. The van der Waals surface area contributed by atoms with Crippen LogP contribution in [-0.4, -0.2) is 45.6 Å². The van der Waals surface area contributed by atoms with E-state index < -0.39 is 10.9 Å². The zero-order valence-corrected chi connectivity index (χ0v) is 20.3. The molecule has 0 saturated carbocycles. The molecule has 9 nitrogen and oxygen atoms in total. The molecule has 2 heterocycles. The number of aromatic nitrogens is 1. The molecule has 35 heavy (non-hydrogen) atoms. The van der Waals surface area contributed by atoms with Crippen LogP contribution in [0.2, 0.25) is 0 Å². The highest BCUT2D eigenvalue weighted by Gasteiger charge is 2.31. The van der Waals surface area contributed by atoms with Crippen molar-refractivity contribution in [3.8, 4) is 5.69 Å². The van der Waals surface area contributed by atoms with Crippen LogP contribution < -0.4 is 0 Å². The number of amides is 1. The van der Waals surface area contributed by atoms with E-state index >= 15 is 0 Å². The number of esters is 1. The third-order valence-corrected chi connectivity index (χ3v) is 6.63. The Kier molecular flexibility index (Phi) is 6.57. The molecular formula is C25H22N4O5S. The maximum atomic E-state index is 12.9. The molecule has 1 aromatic heterocycles. The van der Waals surface area contributed by atoms with Crippen LogP contribution in [0.15, 0.2) is 64.5 Å². The molecule has 1 aliphatic heterocycles. The van der Waals surface area contributed by atoms with Crippen LogP contribution in [0.25, 0.3) is 11.8 Å². The molecule has 0 atom stereocenters. The van der Waals surface area contributed by atoms with Gasteiger partial charge in [0.05, 0.1) is 33.9 Å². The SMILES string of the molecule is COC(=O)c1ccc(N=C2S/C(=C/c3cc(C)n(-c4cccc([N+](=O)[O-])c4)c3C)C(=O)N2C)cc1. The third kappa shape index (κ3) is 4.73. The lowest BCUT2D eigenvalue weighted by atomic mass is 10.2. The topological polar surface area (TPSA) is 107 Å². The zero-order valence-electron chi connectivity index (χ0n) is 19.5. The lowest BCUT2D eigenvalue weighted by Crippen LogP contribution is -2.23. The lowest BCUT2D eigenvalue weighted by molar-refractivity contribution is -0.384. The summed E-state index contributed by atoms with van der Waals surface area (Å²) in [4.78, 5) is 41.8. The molecule has 1 aliphatic rings. The highest BCUT2D eigenvalue weighted by Crippen LogP contribution is 2.34. The number of nitro benzene ring substituents is 1. The summed E-state index contributed by atoms with van der Waals surface area (Å²) in [5.74, 6) is -0.611. The summed E-state index contributed by atoms with van der Waals surface area (Å²) in [7, 11) is 2.98. The number of methoxy groups -OCH3 is 1. The second kappa shape index (κ2) is 9.59. The summed E-state index contributed by atoms with van der Waals surface area (Å²) in [6, 6.07) is 15.0. The highest BCUT2D eigenvalue weighted by atomic mass is 32.2. The molecule has 10 heteroatoms. The minimum Gasteiger partial charge on any atom is -0.465 e. The Labute approximate surface area is 205 Å². The normalized spacial score (nSPS) is 15.8. The Bertz CT molecular complexity index is 1410. The molecule has 1 amide bonds. The highest BCUT2D eigenvalue weighted by molar-refractivity contribution is 8.18. The summed E-state index contributed by atoms with van der Waals surface area (Å²) in [6.07, 6.45) is 1.81. The van der Waals surface area contributed by atoms with Crippen LogP contribution in [-0.2, 0) is 9.53 Å². The van der Waals surface area contributed by atoms with Gasteiger partial charge in [-0.15, -0.1) is 0 Å². The quantitative estimate of drug-likeness (QED) is 0.215. The second-order valence-electron chi connectivity index (χ2n) is 7.85. The average Bonchev–Trinajstić information content (AvgIpc) is 3.28. The number of amidine groups is 1. The van der Waals surface area contributed by atoms with E-state index in [0.29, 0.717) is 27.0 Å². The number of hydrogen-bond acceptors (Lipinski definition) is 7. The Hall–Kier alpha value is -4.18. The van der Waals surface area contributed by atoms with E-state index in [0.717, 1.165) is 17.0 Å². The molecular weight excluding hydrogens is 468 g/mol. The smallest absolute Gasteiger partial charge is 0.337 e. The van der Waals surface area contributed by atoms with Crippen molar-refractivity contribution in [3.63, 3.8) is 0 Å². The van der Waals surface area contributed by atoms with Crippen LogP contribution in [0.1, 0.15) is 27.3 Å². The molecule has 0 radical (unpaired) electrons. The predicted octanol–water partition coefficient (Wildman–Crippen LogP) is 5.02. The monoisotopic (exact) mass is 490 g/mol. The minimum atomic E-state index is -0.431. The molecule has 1 saturated heterocycles. The predicted molar refractivity (Wildman–Crippen MR) is 135 cm³/mol. The number of non-ortho nitro benzene ring substituents is 1. The number of aliphatic imine (C=N–C) groups is 1. The molecule has 1 fully saturated rings. The lowest BCUT2D eigenvalue weighted by Gasteiger charge is -2.09. The van der Waals surface area contributed by atoms with Gasteiger partial charge < -0.3 is 9.30 Å². The summed E-state index contributed by atoms with van der Waals surface area (Å²) in [6.45, 7) is 3.82. The van der Waals surface area contributed by atoms with Crippen molar-refractivity contribution in [1.82, 2.24) is 9.47 Å². The largest absolute Gasteiger partial charge is 0.465 e. The first-order valence-corrected chi connectivity index (χ1v) is 11.4. The molecule has 3 aromatic rings. The molecule has 0 aliphatic carbocycles. The summed E-state index contributed by atoms with van der Waals surface area (Å²) in [5, 5.41) is 11.7. The first-order valence-electron chi connectivity index (χ1n) is 10.6. The van der Waals surface area contributed by atoms with Crippen LogP contribution >= 0.6 is 11.8 Å². The number of aryl methyl sites for hydroxylation is 1. The average molecular weight is 491 g/mol. The van der Waals surface area contributed by atoms with Crippen LogP contribution in [0, 0.1) is 24.0 Å². The fourth-order valence-electron chi connectivity index (χ4n) is 3.77. The van der Waals surface area contributed by atoms with E-state index in [9.17, 15) is 19.7 Å². The molecule has 178 valence electrons. The Morgan fingerprint density at radius 3 is 2.51 bits per heavy atom. The summed E-state index contributed by atoms with van der Waals surface area (Å²) in [5.41, 5.74) is 4.29. The maximum Gasteiger partial charge on any atom is 0.337 e. The number of benzene rings is 2. The van der Waals surface area contributed by atoms with Crippen molar-refractivity contribution in [2.45, 2.75) is 13.8 Å². The first kappa shape index (κ1) is 24.0. The molecule has 4 rings (SSSR count). The van der Waals surface area contributed by atoms with Gasteiger partial charge in [0.15, 0.2) is 5.17 Å². The van der Waals surface area contributed by atoms with Crippen molar-refractivity contribution in [1.29, 1.82) is 0 Å². The van der Waals surface area contributed by atoms with Crippen molar-refractivity contribution in [2.24, 2.45) is 4.99 Å². The van der Waals surface area contributed by atoms with Crippen molar-refractivity contribution >= 4 is 46.3 Å². The second-order valence-corrected chi connectivity index (χ2v) is 8.86. The van der Waals surface area contributed by atoms with Gasteiger partial charge in [-0.1, -0.05) is 6.07 Å². The van der Waals surface area contributed by atoms with Crippen LogP contribution in [0.4, 0.5) is 11.4 Å². The number of likely N-dealkylation sites (N-methyl/N-ethyl adjacent to an activating group) is 1. The van der Waals surface area contributed by atoms with Gasteiger partial charge in [-0.2, -0.15) is 0 Å². The van der Waals surface area contributed by atoms with Gasteiger partial charge in [-0.3, -0.25) is 19.8 Å². The minimum absolute atomic E-state index is 0.0125. The number of nitro groups is 1. The van der Waals surface area contributed by atoms with Gasteiger partial charge in [0.25, 0.3) is 11.6 Å². The number of thioether (sulfide) groups is 1. The standard InChI is InChI=1S/C25H22N4O5S/c1-15-12-18(16(2)28(15)20-6-5-7-21(14-20)29(32)33)13-22-23(30)27(3)25(35-22)26-19-10-8-17(9-11-19)24(31)34-4/h5-14H,1-4H3/b22-13+,26-25?. The summed E-state index contributed by atoms with van der Waals surface area (Å²) >= 11 is 1.25. The van der Waals surface area contributed by atoms with E-state index in [1.54, 1.807) is 37.4 Å². The van der Waals surface area contributed by atoms with Gasteiger partial charge in [-0.25, -0.2) is 9.79 Å². The van der Waals surface area contributed by atoms with E-state index in [2.05, 4.69) is 4.99 Å². The number of ether oxygens (including phenoxy) is 1. The number of nitrogens with zero attached hydrogens (tertiary/aromatic N) is 4. The van der Waals surface area contributed by atoms with Crippen molar-refractivity contribution < 1.29 is 19.2 Å². The van der Waals surface area contributed by atoms with E-state index in [4.69, 9.17) is 4.74 Å². The molecule has 0 spiro atoms. The third-order valence-electron chi connectivity index (χ3n) is 5.57. The Morgan fingerprint density at radius 2 is 1.86 bits per heavy atom. The van der Waals surface area contributed by atoms with Crippen LogP contribution in [0.5, 0.6) is 0 Å². The first-order chi connectivity index (χ1) is 16.7. The van der Waals surface area contributed by atoms with Crippen LogP contribution in [0.3, 0.4) is 0 Å². The number of carbonyl (C=O) groups is 2. The zero-order chi connectivity index (χ0) is 25.3. The van der Waals surface area contributed by atoms with E-state index in [1.165, 1.54) is 35.9 Å².